The minimum atomic E-state index is -4.15. The summed E-state index contributed by atoms with van der Waals surface area (Å²) in [6, 6.07) is 18.0. The van der Waals surface area contributed by atoms with Crippen LogP contribution < -0.4 is 0 Å². The molecule has 3 aromatic rings. The number of hydrogen-bond donors (Lipinski definition) is 1. The maximum absolute atomic E-state index is 14.0. The van der Waals surface area contributed by atoms with Crippen molar-refractivity contribution in [3.63, 3.8) is 0 Å². The third-order valence-corrected chi connectivity index (χ3v) is 8.32. The molecule has 1 heterocycles. The lowest BCUT2D eigenvalue weighted by molar-refractivity contribution is -0.133. The first-order chi connectivity index (χ1) is 15.7. The molecule has 2 atom stereocenters. The molecule has 5 nitrogen and oxygen atoms in total. The number of sulfonamides is 1. The largest absolute Gasteiger partial charge is 0.478 e. The van der Waals surface area contributed by atoms with Crippen LogP contribution in [0.4, 0.5) is 0 Å². The van der Waals surface area contributed by atoms with Gasteiger partial charge in [-0.3, -0.25) is 0 Å². The van der Waals surface area contributed by atoms with Gasteiger partial charge in [-0.25, -0.2) is 13.2 Å². The summed E-state index contributed by atoms with van der Waals surface area (Å²) < 4.78 is 30.1. The van der Waals surface area contributed by atoms with Crippen molar-refractivity contribution in [1.29, 1.82) is 0 Å². The van der Waals surface area contributed by atoms with Crippen LogP contribution in [0.1, 0.15) is 29.6 Å². The van der Waals surface area contributed by atoms with E-state index in [2.05, 4.69) is 15.9 Å². The number of carboxylic acid groups (broad SMARTS) is 1. The zero-order chi connectivity index (χ0) is 23.8. The van der Waals surface area contributed by atoms with E-state index in [4.69, 9.17) is 23.2 Å². The smallest absolute Gasteiger partial charge is 0.333 e. The molecule has 0 bridgehead atoms. The molecule has 0 aromatic heterocycles. The second-order valence-corrected chi connectivity index (χ2v) is 11.1. The van der Waals surface area contributed by atoms with Crippen LogP contribution in [0, 0.1) is 0 Å². The Kier molecular flexibility index (Phi) is 6.98. The monoisotopic (exact) mass is 565 g/mol. The molecule has 1 unspecified atom stereocenters. The van der Waals surface area contributed by atoms with Crippen molar-refractivity contribution in [2.24, 2.45) is 0 Å². The van der Waals surface area contributed by atoms with Gasteiger partial charge in [0.25, 0.3) is 0 Å². The molecule has 0 saturated heterocycles. The summed E-state index contributed by atoms with van der Waals surface area (Å²) >= 11 is 15.6. The third kappa shape index (κ3) is 4.88. The van der Waals surface area contributed by atoms with Gasteiger partial charge in [-0.2, -0.15) is 4.31 Å². The highest BCUT2D eigenvalue weighted by Crippen LogP contribution is 2.46. The quantitative estimate of drug-likeness (QED) is 0.375. The molecule has 0 radical (unpaired) electrons. The van der Waals surface area contributed by atoms with Crippen molar-refractivity contribution in [3.05, 3.63) is 110 Å². The predicted molar refractivity (Wildman–Crippen MR) is 132 cm³/mol. The van der Waals surface area contributed by atoms with Gasteiger partial charge in [-0.1, -0.05) is 69.5 Å². The fourth-order valence-electron chi connectivity index (χ4n) is 4.01. The number of carbonyl (C=O) groups is 1. The number of benzene rings is 3. The summed E-state index contributed by atoms with van der Waals surface area (Å²) in [6.07, 6.45) is 1.79. The van der Waals surface area contributed by atoms with Gasteiger partial charge in [0.15, 0.2) is 0 Å². The van der Waals surface area contributed by atoms with Crippen LogP contribution in [-0.4, -0.2) is 23.8 Å². The Morgan fingerprint density at radius 1 is 0.939 bits per heavy atom. The highest BCUT2D eigenvalue weighted by molar-refractivity contribution is 9.10. The van der Waals surface area contributed by atoms with Gasteiger partial charge in [0.2, 0.25) is 10.0 Å². The molecule has 0 spiro atoms. The van der Waals surface area contributed by atoms with Gasteiger partial charge in [-0.15, -0.1) is 0 Å². The Labute approximate surface area is 210 Å². The molecule has 9 heteroatoms. The van der Waals surface area contributed by atoms with Crippen molar-refractivity contribution in [2.45, 2.75) is 23.4 Å². The number of carboxylic acids is 1. The highest BCUT2D eigenvalue weighted by Gasteiger charge is 2.44. The van der Waals surface area contributed by atoms with E-state index >= 15 is 0 Å². The van der Waals surface area contributed by atoms with E-state index in [1.165, 1.54) is 28.6 Å². The van der Waals surface area contributed by atoms with E-state index in [0.717, 1.165) is 10.0 Å². The molecule has 1 aliphatic rings. The zero-order valence-electron chi connectivity index (χ0n) is 17.0. The van der Waals surface area contributed by atoms with E-state index in [1.807, 2.05) is 24.3 Å². The molecule has 1 N–H and O–H groups in total. The normalized spacial score (nSPS) is 19.2. The molecule has 0 fully saturated rings. The number of nitrogens with zero attached hydrogens (tertiary/aromatic N) is 1. The fraction of sp³-hybridized carbons (Fsp3) is 0.125. The van der Waals surface area contributed by atoms with E-state index in [0.29, 0.717) is 15.6 Å². The van der Waals surface area contributed by atoms with Crippen molar-refractivity contribution in [3.8, 4) is 0 Å². The summed E-state index contributed by atoms with van der Waals surface area (Å²) in [6.45, 7) is 0. The fourth-order valence-corrected chi connectivity index (χ4v) is 6.53. The van der Waals surface area contributed by atoms with Crippen molar-refractivity contribution in [1.82, 2.24) is 4.31 Å². The minimum Gasteiger partial charge on any atom is -0.478 e. The number of hydrogen-bond acceptors (Lipinski definition) is 3. The topological polar surface area (TPSA) is 74.7 Å². The molecular formula is C24H18BrCl2NO4S. The molecule has 0 aliphatic carbocycles. The Morgan fingerprint density at radius 2 is 1.61 bits per heavy atom. The highest BCUT2D eigenvalue weighted by atomic mass is 79.9. The summed E-state index contributed by atoms with van der Waals surface area (Å²) in [5.41, 5.74) is 1.17. The van der Waals surface area contributed by atoms with E-state index in [9.17, 15) is 18.3 Å². The molecule has 0 amide bonds. The van der Waals surface area contributed by atoms with E-state index in [1.54, 1.807) is 30.3 Å². The lowest BCUT2D eigenvalue weighted by Crippen LogP contribution is -2.42. The van der Waals surface area contributed by atoms with Crippen LogP contribution in [0.3, 0.4) is 0 Å². The molecule has 33 heavy (non-hydrogen) atoms. The maximum Gasteiger partial charge on any atom is 0.333 e. The number of halogens is 3. The summed E-state index contributed by atoms with van der Waals surface area (Å²) in [4.78, 5) is 12.2. The van der Waals surface area contributed by atoms with Crippen LogP contribution in [0.25, 0.3) is 0 Å². The zero-order valence-corrected chi connectivity index (χ0v) is 20.9. The van der Waals surface area contributed by atoms with Gasteiger partial charge in [0.05, 0.1) is 22.6 Å². The molecule has 1 aliphatic heterocycles. The molecule has 4 rings (SSSR count). The molecule has 170 valence electrons. The standard InChI is InChI=1S/C24H18BrCl2NO4S/c25-17-5-1-3-15(13-17)22-12-11-21(24(29)30)23(16-4-2-6-19(27)14-16)28(22)33(31,32)20-9-7-18(26)8-10-20/h1-11,13-14,22-23H,12H2,(H,29,30)/t22?,23-/m0/s1. The first-order valence-corrected chi connectivity index (χ1v) is 12.9. The van der Waals surface area contributed by atoms with Crippen LogP contribution >= 0.6 is 39.1 Å². The first kappa shape index (κ1) is 24.0. The van der Waals surface area contributed by atoms with Gasteiger partial charge in [0, 0.05) is 14.5 Å². The molecular weight excluding hydrogens is 549 g/mol. The van der Waals surface area contributed by atoms with Gasteiger partial charge in [-0.05, 0) is 66.1 Å². The Balaban J connectivity index is 1.98. The lowest BCUT2D eigenvalue weighted by atomic mass is 9.89. The summed E-state index contributed by atoms with van der Waals surface area (Å²) in [7, 11) is -4.15. The number of rotatable bonds is 5. The second kappa shape index (κ2) is 9.60. The predicted octanol–water partition coefficient (Wildman–Crippen LogP) is 6.64. The SMILES string of the molecule is O=C(O)C1=CCC(c2cccc(Br)c2)N(S(=O)(=O)c2ccc(Cl)cc2)[C@H]1c1cccc(Cl)c1. The van der Waals surface area contributed by atoms with Crippen molar-refractivity contribution < 1.29 is 18.3 Å². The Morgan fingerprint density at radius 3 is 2.24 bits per heavy atom. The van der Waals surface area contributed by atoms with Crippen molar-refractivity contribution >= 4 is 55.1 Å². The minimum absolute atomic E-state index is 0.0190. The average Bonchev–Trinajstić information content (AvgIpc) is 2.78. The Bertz CT molecular complexity index is 1340. The lowest BCUT2D eigenvalue weighted by Gasteiger charge is -2.40. The van der Waals surface area contributed by atoms with E-state index in [-0.39, 0.29) is 16.9 Å². The third-order valence-electron chi connectivity index (χ3n) is 5.45. The van der Waals surface area contributed by atoms with Crippen molar-refractivity contribution in [2.75, 3.05) is 0 Å². The van der Waals surface area contributed by atoms with Gasteiger partial charge >= 0.3 is 5.97 Å². The van der Waals surface area contributed by atoms with Crippen LogP contribution in [0.5, 0.6) is 0 Å². The van der Waals surface area contributed by atoms with Crippen LogP contribution in [0.2, 0.25) is 10.0 Å². The van der Waals surface area contributed by atoms with Gasteiger partial charge < -0.3 is 5.11 Å². The summed E-state index contributed by atoms with van der Waals surface area (Å²) in [5.74, 6) is -1.19. The average molecular weight is 567 g/mol. The number of aliphatic carboxylic acids is 1. The van der Waals surface area contributed by atoms with Crippen LogP contribution in [0.15, 0.2) is 93.8 Å². The molecule has 3 aromatic carbocycles. The Hall–Kier alpha value is -2.16. The molecule has 0 saturated carbocycles. The van der Waals surface area contributed by atoms with E-state index < -0.39 is 28.1 Å². The summed E-state index contributed by atoms with van der Waals surface area (Å²) in [5, 5.41) is 10.8. The maximum atomic E-state index is 14.0. The second-order valence-electron chi connectivity index (χ2n) is 7.52. The van der Waals surface area contributed by atoms with Crippen LogP contribution in [-0.2, 0) is 14.8 Å². The first-order valence-electron chi connectivity index (χ1n) is 9.92. The van der Waals surface area contributed by atoms with Gasteiger partial charge in [0.1, 0.15) is 0 Å².